The number of ether oxygens (including phenoxy) is 1. The van der Waals surface area contributed by atoms with Gasteiger partial charge in [0.1, 0.15) is 11.6 Å². The second-order valence-electron chi connectivity index (χ2n) is 12.1. The number of hydrogen-bond donors (Lipinski definition) is 2. The Morgan fingerprint density at radius 3 is 1.86 bits per heavy atom. The zero-order valence-corrected chi connectivity index (χ0v) is 21.5. The monoisotopic (exact) mass is 498 g/mol. The first-order chi connectivity index (χ1) is 16.3. The Morgan fingerprint density at radius 2 is 1.34 bits per heavy atom. The number of nitrogens with one attached hydrogen (secondary N) is 1. The van der Waals surface area contributed by atoms with E-state index in [0.29, 0.717) is 18.2 Å². The number of carbonyl (C=O) groups is 2. The highest BCUT2D eigenvalue weighted by Crippen LogP contribution is 2.55. The van der Waals surface area contributed by atoms with Crippen LogP contribution < -0.4 is 10.7 Å². The average Bonchev–Trinajstić information content (AvgIpc) is 2.75. The molecule has 0 amide bonds. The fourth-order valence-corrected chi connectivity index (χ4v) is 7.77. The number of hydrogen-bond acceptors (Lipinski definition) is 6. The summed E-state index contributed by atoms with van der Waals surface area (Å²) in [6, 6.07) is 10.6. The first-order valence-corrected chi connectivity index (χ1v) is 13.8. The maximum absolute atomic E-state index is 13.6. The topological polar surface area (TPSA) is 116 Å². The Bertz CT molecular complexity index is 1270. The molecule has 3 aliphatic rings. The molecule has 0 radical (unpaired) electrons. The van der Waals surface area contributed by atoms with Gasteiger partial charge in [-0.25, -0.2) is 8.42 Å². The molecule has 2 aromatic rings. The number of nitrogens with two attached hydrogens (primary N) is 1. The molecule has 35 heavy (non-hydrogen) atoms. The van der Waals surface area contributed by atoms with E-state index in [0.717, 1.165) is 23.8 Å². The lowest BCUT2D eigenvalue weighted by Crippen LogP contribution is -2.58. The number of hydrazine groups is 1. The van der Waals surface area contributed by atoms with E-state index >= 15 is 0 Å². The van der Waals surface area contributed by atoms with Crippen molar-refractivity contribution in [3.8, 4) is 0 Å². The lowest BCUT2D eigenvalue weighted by atomic mass is 9.56. The highest BCUT2D eigenvalue weighted by molar-refractivity contribution is 7.89. The van der Waals surface area contributed by atoms with Crippen LogP contribution in [0.25, 0.3) is 10.8 Å². The zero-order valence-electron chi connectivity index (χ0n) is 20.7. The smallest absolute Gasteiger partial charge is 0.253 e. The molecule has 5 rings (SSSR count). The molecular weight excluding hydrogens is 464 g/mol. The van der Waals surface area contributed by atoms with Crippen molar-refractivity contribution in [1.82, 2.24) is 4.83 Å². The van der Waals surface area contributed by atoms with Crippen molar-refractivity contribution in [2.45, 2.75) is 76.4 Å². The number of Topliss-reactive ketones (excluding diaryl/α,β-unsaturated/α-hetero) is 2. The molecule has 1 heterocycles. The average molecular weight is 499 g/mol. The van der Waals surface area contributed by atoms with Gasteiger partial charge in [-0.2, -0.15) is 4.83 Å². The van der Waals surface area contributed by atoms with Gasteiger partial charge in [0.25, 0.3) is 10.0 Å². The number of sulfonamides is 1. The third kappa shape index (κ3) is 4.14. The minimum atomic E-state index is -3.90. The molecule has 7 nitrogen and oxygen atoms in total. The predicted octanol–water partition coefficient (Wildman–Crippen LogP) is 3.85. The van der Waals surface area contributed by atoms with E-state index < -0.39 is 21.9 Å². The van der Waals surface area contributed by atoms with Crippen LogP contribution in [0.3, 0.4) is 0 Å². The van der Waals surface area contributed by atoms with Crippen molar-refractivity contribution in [3.05, 3.63) is 42.0 Å². The van der Waals surface area contributed by atoms with Gasteiger partial charge in [-0.15, -0.1) is 0 Å². The van der Waals surface area contributed by atoms with Crippen LogP contribution in [0.1, 0.15) is 64.9 Å². The lowest BCUT2D eigenvalue weighted by Gasteiger charge is -2.54. The maximum atomic E-state index is 13.6. The summed E-state index contributed by atoms with van der Waals surface area (Å²) in [7, 11) is -3.90. The van der Waals surface area contributed by atoms with Crippen LogP contribution in [0.4, 0.5) is 0 Å². The summed E-state index contributed by atoms with van der Waals surface area (Å²) in [6.45, 7) is 8.37. The predicted molar refractivity (Wildman–Crippen MR) is 133 cm³/mol. The first-order valence-electron chi connectivity index (χ1n) is 12.3. The Morgan fingerprint density at radius 1 is 0.829 bits per heavy atom. The zero-order chi connectivity index (χ0) is 25.3. The van der Waals surface area contributed by atoms with Gasteiger partial charge in [-0.05, 0) is 40.7 Å². The largest absolute Gasteiger partial charge is 0.373 e. The van der Waals surface area contributed by atoms with Crippen molar-refractivity contribution in [2.24, 2.45) is 28.5 Å². The lowest BCUT2D eigenvalue weighted by molar-refractivity contribution is -0.186. The molecule has 3 fully saturated rings. The molecule has 2 aromatic carbocycles. The molecule has 0 aromatic heterocycles. The van der Waals surface area contributed by atoms with Gasteiger partial charge >= 0.3 is 0 Å². The molecule has 1 unspecified atom stereocenters. The van der Waals surface area contributed by atoms with Crippen molar-refractivity contribution in [1.29, 1.82) is 0 Å². The summed E-state index contributed by atoms with van der Waals surface area (Å²) in [5, 5.41) is 1.25. The van der Waals surface area contributed by atoms with E-state index in [1.807, 2.05) is 17.0 Å². The Balaban J connectivity index is 1.73. The quantitative estimate of drug-likeness (QED) is 0.491. The molecule has 0 spiro atoms. The van der Waals surface area contributed by atoms with E-state index in [4.69, 9.17) is 10.6 Å². The van der Waals surface area contributed by atoms with Crippen LogP contribution in [-0.4, -0.2) is 32.2 Å². The standard InChI is InChI=1S/C27H34N2O5S/c1-26(2)11-18(30)24-20(13-26)34-21-14-27(3,4)12-19(31)25(21)23(24)17-9-10-22(35(32,33)29-28)16-8-6-5-7-15(16)17/h5-10,20-21,23-25,29H,11-14,28H2,1-4H3/t20-,21+,23?,24+,25-. The van der Waals surface area contributed by atoms with Crippen molar-refractivity contribution >= 4 is 32.4 Å². The molecule has 8 heteroatoms. The Labute approximate surface area is 206 Å². The van der Waals surface area contributed by atoms with Crippen LogP contribution in [0.5, 0.6) is 0 Å². The van der Waals surface area contributed by atoms with Gasteiger partial charge in [-0.3, -0.25) is 15.4 Å². The number of benzene rings is 2. The second-order valence-corrected chi connectivity index (χ2v) is 13.8. The second kappa shape index (κ2) is 8.20. The third-order valence-corrected chi connectivity index (χ3v) is 9.45. The van der Waals surface area contributed by atoms with E-state index in [1.54, 1.807) is 24.3 Å². The minimum Gasteiger partial charge on any atom is -0.373 e. The highest BCUT2D eigenvalue weighted by Gasteiger charge is 2.57. The summed E-state index contributed by atoms with van der Waals surface area (Å²) in [6.07, 6.45) is 1.83. The molecule has 5 atom stereocenters. The summed E-state index contributed by atoms with van der Waals surface area (Å²) >= 11 is 0. The minimum absolute atomic E-state index is 0.0757. The van der Waals surface area contributed by atoms with Gasteiger partial charge in [0.05, 0.1) is 28.9 Å². The maximum Gasteiger partial charge on any atom is 0.253 e. The van der Waals surface area contributed by atoms with E-state index in [9.17, 15) is 18.0 Å². The van der Waals surface area contributed by atoms with E-state index in [-0.39, 0.29) is 45.4 Å². The number of rotatable bonds is 3. The van der Waals surface area contributed by atoms with Crippen LogP contribution in [0.2, 0.25) is 0 Å². The number of fused-ring (bicyclic) bond motifs is 3. The van der Waals surface area contributed by atoms with Gasteiger partial charge in [0.15, 0.2) is 0 Å². The van der Waals surface area contributed by atoms with Crippen molar-refractivity contribution in [2.75, 3.05) is 0 Å². The summed E-state index contributed by atoms with van der Waals surface area (Å²) in [5.74, 6) is 4.34. The van der Waals surface area contributed by atoms with Crippen LogP contribution >= 0.6 is 0 Å². The molecule has 1 aliphatic heterocycles. The van der Waals surface area contributed by atoms with Gasteiger partial charge in [0, 0.05) is 24.1 Å². The van der Waals surface area contributed by atoms with Gasteiger partial charge < -0.3 is 4.74 Å². The molecule has 0 bridgehead atoms. The van der Waals surface area contributed by atoms with Gasteiger partial charge in [-0.1, -0.05) is 58.0 Å². The van der Waals surface area contributed by atoms with Crippen LogP contribution in [0.15, 0.2) is 41.3 Å². The van der Waals surface area contributed by atoms with Crippen LogP contribution in [-0.2, 0) is 24.3 Å². The van der Waals surface area contributed by atoms with Crippen LogP contribution in [0, 0.1) is 22.7 Å². The van der Waals surface area contributed by atoms with E-state index in [1.165, 1.54) is 0 Å². The molecule has 2 saturated carbocycles. The Hall–Kier alpha value is -2.13. The van der Waals surface area contributed by atoms with Gasteiger partial charge in [0.2, 0.25) is 0 Å². The normalized spacial score (nSPS) is 32.2. The summed E-state index contributed by atoms with van der Waals surface area (Å²) in [4.78, 5) is 29.3. The molecule has 1 saturated heterocycles. The van der Waals surface area contributed by atoms with E-state index in [2.05, 4.69) is 27.7 Å². The third-order valence-electron chi connectivity index (χ3n) is 8.20. The number of ketones is 2. The molecule has 188 valence electrons. The van der Waals surface area contributed by atoms with Crippen molar-refractivity contribution in [3.63, 3.8) is 0 Å². The molecular formula is C27H34N2O5S. The molecule has 2 aliphatic carbocycles. The SMILES string of the molecule is CC1(C)CC(=O)[C@H]2C(c3ccc(S(=O)(=O)NN)c4ccccc34)[C@H]3C(=O)CC(C)(C)C[C@H]3O[C@H]2C1. The fourth-order valence-electron chi connectivity index (χ4n) is 6.93. The first kappa shape index (κ1) is 24.6. The summed E-state index contributed by atoms with van der Waals surface area (Å²) in [5.41, 5.74) is 0.499. The number of carbonyl (C=O) groups excluding carboxylic acids is 2. The fraction of sp³-hybridized carbons (Fsp3) is 0.556. The Kier molecular flexibility index (Phi) is 5.75. The van der Waals surface area contributed by atoms with Crippen molar-refractivity contribution < 1.29 is 22.7 Å². The summed E-state index contributed by atoms with van der Waals surface area (Å²) < 4.78 is 31.9. The highest BCUT2D eigenvalue weighted by atomic mass is 32.2. The molecule has 3 N–H and O–H groups in total.